The zero-order valence-electron chi connectivity index (χ0n) is 9.76. The Morgan fingerprint density at radius 3 is 2.94 bits per heavy atom. The third-order valence-corrected chi connectivity index (χ3v) is 2.91. The highest BCUT2D eigenvalue weighted by Gasteiger charge is 2.10. The molecule has 1 N–H and O–H groups in total. The Hall–Kier alpha value is -1.20. The Morgan fingerprint density at radius 1 is 1.44 bits per heavy atom. The lowest BCUT2D eigenvalue weighted by atomic mass is 10.3. The summed E-state index contributed by atoms with van der Waals surface area (Å²) in [7, 11) is 2.06. The zero-order chi connectivity index (χ0) is 11.2. The van der Waals surface area contributed by atoms with Crippen LogP contribution in [-0.4, -0.2) is 61.4 Å². The highest BCUT2D eigenvalue weighted by atomic mass is 15.3. The van der Waals surface area contributed by atoms with Crippen molar-refractivity contribution in [1.29, 1.82) is 0 Å². The molecule has 1 fully saturated rings. The Kier molecular flexibility index (Phi) is 4.07. The molecule has 0 saturated carbocycles. The van der Waals surface area contributed by atoms with Gasteiger partial charge in [0.15, 0.2) is 5.82 Å². The summed E-state index contributed by atoms with van der Waals surface area (Å²) in [4.78, 5) is 4.62. The summed E-state index contributed by atoms with van der Waals surface area (Å²) in [6.07, 6.45) is 1.70. The van der Waals surface area contributed by atoms with Crippen molar-refractivity contribution in [1.82, 2.24) is 20.4 Å². The van der Waals surface area contributed by atoms with Crippen LogP contribution in [0.4, 0.5) is 5.82 Å². The van der Waals surface area contributed by atoms with Crippen LogP contribution in [0.2, 0.25) is 0 Å². The Labute approximate surface area is 96.5 Å². The van der Waals surface area contributed by atoms with Crippen molar-refractivity contribution in [2.45, 2.75) is 0 Å². The molecule has 0 aliphatic carbocycles. The average molecular weight is 221 g/mol. The van der Waals surface area contributed by atoms with Crippen LogP contribution in [0.25, 0.3) is 0 Å². The first-order chi connectivity index (χ1) is 7.86. The van der Waals surface area contributed by atoms with Gasteiger partial charge in [-0.05, 0) is 12.1 Å². The van der Waals surface area contributed by atoms with Crippen LogP contribution in [0, 0.1) is 0 Å². The minimum absolute atomic E-state index is 0.942. The topological polar surface area (TPSA) is 44.3 Å². The van der Waals surface area contributed by atoms with Gasteiger partial charge in [0.2, 0.25) is 0 Å². The number of hydrogen-bond donors (Lipinski definition) is 1. The fourth-order valence-electron chi connectivity index (χ4n) is 1.84. The molecule has 5 nitrogen and oxygen atoms in total. The molecule has 1 aliphatic rings. The van der Waals surface area contributed by atoms with Crippen molar-refractivity contribution in [2.24, 2.45) is 0 Å². The molecular weight excluding hydrogens is 202 g/mol. The van der Waals surface area contributed by atoms with Gasteiger partial charge in [-0.3, -0.25) is 4.90 Å². The maximum Gasteiger partial charge on any atom is 0.151 e. The second-order valence-corrected chi connectivity index (χ2v) is 4.10. The van der Waals surface area contributed by atoms with Gasteiger partial charge in [0.25, 0.3) is 0 Å². The number of hydrogen-bond acceptors (Lipinski definition) is 5. The summed E-state index contributed by atoms with van der Waals surface area (Å²) < 4.78 is 0. The Morgan fingerprint density at radius 2 is 2.25 bits per heavy atom. The number of piperazine rings is 1. The van der Waals surface area contributed by atoms with E-state index in [-0.39, 0.29) is 0 Å². The molecule has 2 rings (SSSR count). The SMILES string of the molecule is CN(CCN1CCNCC1)c1cccnn1. The molecule has 0 aromatic carbocycles. The van der Waals surface area contributed by atoms with E-state index in [4.69, 9.17) is 0 Å². The fourth-order valence-corrected chi connectivity index (χ4v) is 1.84. The minimum atomic E-state index is 0.942. The van der Waals surface area contributed by atoms with Gasteiger partial charge in [0.1, 0.15) is 0 Å². The lowest BCUT2D eigenvalue weighted by molar-refractivity contribution is 0.246. The molecule has 16 heavy (non-hydrogen) atoms. The zero-order valence-corrected chi connectivity index (χ0v) is 9.76. The summed E-state index contributed by atoms with van der Waals surface area (Å²) in [5, 5.41) is 11.3. The largest absolute Gasteiger partial charge is 0.357 e. The molecule has 0 spiro atoms. The highest BCUT2D eigenvalue weighted by Crippen LogP contribution is 2.04. The number of rotatable bonds is 4. The Balaban J connectivity index is 1.77. The van der Waals surface area contributed by atoms with E-state index in [1.807, 2.05) is 12.1 Å². The first-order valence-corrected chi connectivity index (χ1v) is 5.78. The number of likely N-dealkylation sites (N-methyl/N-ethyl adjacent to an activating group) is 1. The number of anilines is 1. The van der Waals surface area contributed by atoms with E-state index in [2.05, 4.69) is 32.4 Å². The van der Waals surface area contributed by atoms with Crippen LogP contribution in [0.5, 0.6) is 0 Å². The summed E-state index contributed by atoms with van der Waals surface area (Å²) in [6.45, 7) is 6.60. The predicted molar refractivity (Wildman–Crippen MR) is 64.6 cm³/mol. The van der Waals surface area contributed by atoms with Crippen molar-refractivity contribution >= 4 is 5.82 Å². The molecule has 1 aromatic heterocycles. The van der Waals surface area contributed by atoms with E-state index in [9.17, 15) is 0 Å². The molecule has 0 radical (unpaired) electrons. The summed E-state index contributed by atoms with van der Waals surface area (Å²) in [5.74, 6) is 0.942. The van der Waals surface area contributed by atoms with Crippen LogP contribution in [0.3, 0.4) is 0 Å². The van der Waals surface area contributed by atoms with E-state index in [0.717, 1.165) is 45.1 Å². The van der Waals surface area contributed by atoms with Crippen molar-refractivity contribution < 1.29 is 0 Å². The molecule has 88 valence electrons. The average Bonchev–Trinajstić information content (AvgIpc) is 2.38. The molecule has 1 saturated heterocycles. The lowest BCUT2D eigenvalue weighted by Crippen LogP contribution is -2.46. The summed E-state index contributed by atoms with van der Waals surface area (Å²) >= 11 is 0. The van der Waals surface area contributed by atoms with Gasteiger partial charge in [0, 0.05) is 52.5 Å². The van der Waals surface area contributed by atoms with Crippen LogP contribution in [-0.2, 0) is 0 Å². The Bertz CT molecular complexity index is 297. The van der Waals surface area contributed by atoms with Gasteiger partial charge in [0.05, 0.1) is 0 Å². The van der Waals surface area contributed by atoms with Gasteiger partial charge in [-0.25, -0.2) is 0 Å². The smallest absolute Gasteiger partial charge is 0.151 e. The van der Waals surface area contributed by atoms with E-state index in [1.54, 1.807) is 6.20 Å². The highest BCUT2D eigenvalue weighted by molar-refractivity contribution is 5.34. The van der Waals surface area contributed by atoms with Gasteiger partial charge < -0.3 is 10.2 Å². The van der Waals surface area contributed by atoms with Gasteiger partial charge in [-0.15, -0.1) is 5.10 Å². The molecule has 2 heterocycles. The van der Waals surface area contributed by atoms with Crippen LogP contribution < -0.4 is 10.2 Å². The minimum Gasteiger partial charge on any atom is -0.357 e. The van der Waals surface area contributed by atoms with Crippen molar-refractivity contribution in [3.8, 4) is 0 Å². The van der Waals surface area contributed by atoms with Gasteiger partial charge in [-0.1, -0.05) is 0 Å². The molecule has 0 unspecified atom stereocenters. The van der Waals surface area contributed by atoms with Gasteiger partial charge >= 0.3 is 0 Å². The van der Waals surface area contributed by atoms with Crippen LogP contribution in [0.1, 0.15) is 0 Å². The van der Waals surface area contributed by atoms with Gasteiger partial charge in [-0.2, -0.15) is 5.10 Å². The van der Waals surface area contributed by atoms with E-state index in [1.165, 1.54) is 0 Å². The quantitative estimate of drug-likeness (QED) is 0.764. The van der Waals surface area contributed by atoms with E-state index < -0.39 is 0 Å². The molecule has 1 aromatic rings. The maximum atomic E-state index is 4.09. The third-order valence-electron chi connectivity index (χ3n) is 2.91. The fraction of sp³-hybridized carbons (Fsp3) is 0.636. The lowest BCUT2D eigenvalue weighted by Gasteiger charge is -2.29. The third kappa shape index (κ3) is 3.15. The summed E-state index contributed by atoms with van der Waals surface area (Å²) in [6, 6.07) is 3.91. The van der Waals surface area contributed by atoms with E-state index >= 15 is 0 Å². The summed E-state index contributed by atoms with van der Waals surface area (Å²) in [5.41, 5.74) is 0. The molecule has 0 amide bonds. The predicted octanol–water partition coefficient (Wildman–Crippen LogP) is -0.182. The molecule has 0 atom stereocenters. The van der Waals surface area contributed by atoms with Crippen molar-refractivity contribution in [3.63, 3.8) is 0 Å². The first kappa shape index (κ1) is 11.3. The molecule has 0 bridgehead atoms. The van der Waals surface area contributed by atoms with Crippen molar-refractivity contribution in [3.05, 3.63) is 18.3 Å². The number of nitrogens with one attached hydrogen (secondary N) is 1. The second-order valence-electron chi connectivity index (χ2n) is 4.10. The monoisotopic (exact) mass is 221 g/mol. The number of aromatic nitrogens is 2. The molecule has 1 aliphatic heterocycles. The first-order valence-electron chi connectivity index (χ1n) is 5.78. The maximum absolute atomic E-state index is 4.09. The van der Waals surface area contributed by atoms with Crippen LogP contribution in [0.15, 0.2) is 18.3 Å². The van der Waals surface area contributed by atoms with Crippen LogP contribution >= 0.6 is 0 Å². The number of nitrogens with zero attached hydrogens (tertiary/aromatic N) is 4. The normalized spacial score (nSPS) is 17.3. The van der Waals surface area contributed by atoms with Crippen molar-refractivity contribution in [2.75, 3.05) is 51.2 Å². The van der Waals surface area contributed by atoms with E-state index in [0.29, 0.717) is 0 Å². The second kappa shape index (κ2) is 5.77. The standard InChI is InChI=1S/C11H19N5/c1-15(11-3-2-4-13-14-11)9-10-16-7-5-12-6-8-16/h2-4,12H,5-10H2,1H3. The molecule has 5 heteroatoms. The molecular formula is C11H19N5.